The smallest absolute Gasteiger partial charge is 0.220 e. The number of piperidine rings is 1. The standard InChI is InChI=1S/C21H28F2N4O/c22-19-7-5-18(14-20(19)23)15-24-21(28)8-6-17-4-1-10-26(16-17)11-3-13-27-12-2-9-25-27/h2,5,7,9,12,14,17H,1,3-4,6,8,10-11,13,15-16H2,(H,24,28). The predicted molar refractivity (Wildman–Crippen MR) is 103 cm³/mol. The molecule has 1 fully saturated rings. The summed E-state index contributed by atoms with van der Waals surface area (Å²) in [5.41, 5.74) is 0.563. The summed E-state index contributed by atoms with van der Waals surface area (Å²) in [6.07, 6.45) is 8.51. The van der Waals surface area contributed by atoms with Crippen LogP contribution < -0.4 is 5.32 Å². The van der Waals surface area contributed by atoms with Crippen molar-refractivity contribution < 1.29 is 13.6 Å². The summed E-state index contributed by atoms with van der Waals surface area (Å²) in [6.45, 7) is 4.37. The highest BCUT2D eigenvalue weighted by molar-refractivity contribution is 5.75. The Hall–Kier alpha value is -2.28. The molecule has 0 saturated carbocycles. The largest absolute Gasteiger partial charge is 0.352 e. The van der Waals surface area contributed by atoms with Crippen LogP contribution in [0.5, 0.6) is 0 Å². The first-order chi connectivity index (χ1) is 13.6. The maximum atomic E-state index is 13.2. The number of amides is 1. The number of likely N-dealkylation sites (tertiary alicyclic amines) is 1. The van der Waals surface area contributed by atoms with Gasteiger partial charge in [0.25, 0.3) is 0 Å². The number of nitrogens with one attached hydrogen (secondary N) is 1. The average Bonchev–Trinajstić information content (AvgIpc) is 3.21. The highest BCUT2D eigenvalue weighted by atomic mass is 19.2. The average molecular weight is 390 g/mol. The van der Waals surface area contributed by atoms with Crippen LogP contribution in [0.2, 0.25) is 0 Å². The highest BCUT2D eigenvalue weighted by Crippen LogP contribution is 2.21. The summed E-state index contributed by atoms with van der Waals surface area (Å²) < 4.78 is 28.1. The van der Waals surface area contributed by atoms with Gasteiger partial charge in [-0.15, -0.1) is 0 Å². The number of nitrogens with zero attached hydrogens (tertiary/aromatic N) is 3. The van der Waals surface area contributed by atoms with E-state index in [4.69, 9.17) is 0 Å². The van der Waals surface area contributed by atoms with Crippen molar-refractivity contribution >= 4 is 5.91 Å². The van der Waals surface area contributed by atoms with Crippen LogP contribution in [0.1, 0.15) is 37.7 Å². The first kappa shape index (κ1) is 20.5. The molecule has 2 heterocycles. The molecule has 1 unspecified atom stereocenters. The second kappa shape index (κ2) is 10.3. The fourth-order valence-corrected chi connectivity index (χ4v) is 3.75. The van der Waals surface area contributed by atoms with E-state index in [1.165, 1.54) is 12.5 Å². The van der Waals surface area contributed by atoms with Crippen LogP contribution in [-0.2, 0) is 17.9 Å². The molecule has 1 N–H and O–H groups in total. The van der Waals surface area contributed by atoms with Crippen LogP contribution in [0.4, 0.5) is 8.78 Å². The second-order valence-electron chi connectivity index (χ2n) is 7.50. The van der Waals surface area contributed by atoms with Crippen LogP contribution in [0.25, 0.3) is 0 Å². The van der Waals surface area contributed by atoms with Gasteiger partial charge in [-0.2, -0.15) is 5.10 Å². The first-order valence-electron chi connectivity index (χ1n) is 10.0. The Labute approximate surface area is 164 Å². The molecule has 1 aliphatic rings. The number of carbonyl (C=O) groups is 1. The molecule has 152 valence electrons. The molecular weight excluding hydrogens is 362 g/mol. The van der Waals surface area contributed by atoms with Gasteiger partial charge in [-0.3, -0.25) is 9.48 Å². The Kier molecular flexibility index (Phi) is 7.54. The van der Waals surface area contributed by atoms with Gasteiger partial charge in [0.05, 0.1) is 0 Å². The van der Waals surface area contributed by atoms with E-state index in [2.05, 4.69) is 15.3 Å². The second-order valence-corrected chi connectivity index (χ2v) is 7.50. The highest BCUT2D eigenvalue weighted by Gasteiger charge is 2.20. The van der Waals surface area contributed by atoms with Crippen molar-refractivity contribution in [3.8, 4) is 0 Å². The van der Waals surface area contributed by atoms with E-state index in [1.54, 1.807) is 6.20 Å². The van der Waals surface area contributed by atoms with Crippen molar-refractivity contribution in [3.05, 3.63) is 53.9 Å². The van der Waals surface area contributed by atoms with Gasteiger partial charge in [-0.05, 0) is 68.5 Å². The van der Waals surface area contributed by atoms with Gasteiger partial charge in [-0.1, -0.05) is 6.07 Å². The van der Waals surface area contributed by atoms with E-state index in [0.717, 1.165) is 57.6 Å². The Bertz CT molecular complexity index is 751. The molecule has 0 aliphatic carbocycles. The zero-order chi connectivity index (χ0) is 19.8. The van der Waals surface area contributed by atoms with E-state index in [1.807, 2.05) is 16.9 Å². The minimum Gasteiger partial charge on any atom is -0.352 e. The van der Waals surface area contributed by atoms with Crippen molar-refractivity contribution in [2.45, 2.75) is 45.2 Å². The molecule has 1 aliphatic heterocycles. The molecule has 1 amide bonds. The molecule has 28 heavy (non-hydrogen) atoms. The molecule has 1 aromatic carbocycles. The van der Waals surface area contributed by atoms with Gasteiger partial charge in [0.2, 0.25) is 5.91 Å². The lowest BCUT2D eigenvalue weighted by Gasteiger charge is -2.32. The SMILES string of the molecule is O=C(CCC1CCCN(CCCn2cccn2)C1)NCc1ccc(F)c(F)c1. The van der Waals surface area contributed by atoms with Crippen molar-refractivity contribution in [1.82, 2.24) is 20.0 Å². The number of halogens is 2. The molecule has 7 heteroatoms. The molecule has 2 aromatic rings. The third-order valence-corrected chi connectivity index (χ3v) is 5.28. The number of hydrogen-bond acceptors (Lipinski definition) is 3. The van der Waals surface area contributed by atoms with Gasteiger partial charge in [0, 0.05) is 38.4 Å². The molecule has 0 bridgehead atoms. The minimum atomic E-state index is -0.887. The third kappa shape index (κ3) is 6.41. The predicted octanol–water partition coefficient (Wildman–Crippen LogP) is 3.36. The van der Waals surface area contributed by atoms with Gasteiger partial charge < -0.3 is 10.2 Å². The lowest BCUT2D eigenvalue weighted by Crippen LogP contribution is -2.37. The molecule has 0 radical (unpaired) electrons. The summed E-state index contributed by atoms with van der Waals surface area (Å²) in [5, 5.41) is 7.02. The quantitative estimate of drug-likeness (QED) is 0.714. The summed E-state index contributed by atoms with van der Waals surface area (Å²) in [7, 11) is 0. The number of aryl methyl sites for hydroxylation is 1. The van der Waals surface area contributed by atoms with Crippen LogP contribution in [0, 0.1) is 17.6 Å². The van der Waals surface area contributed by atoms with E-state index in [9.17, 15) is 13.6 Å². The molecule has 5 nitrogen and oxygen atoms in total. The number of aromatic nitrogens is 2. The Morgan fingerprint density at radius 2 is 2.14 bits per heavy atom. The van der Waals surface area contributed by atoms with Crippen LogP contribution in [0.3, 0.4) is 0 Å². The monoisotopic (exact) mass is 390 g/mol. The van der Waals surface area contributed by atoms with Crippen LogP contribution in [-0.4, -0.2) is 40.2 Å². The Morgan fingerprint density at radius 1 is 1.25 bits per heavy atom. The van der Waals surface area contributed by atoms with E-state index in [-0.39, 0.29) is 12.5 Å². The van der Waals surface area contributed by atoms with E-state index < -0.39 is 11.6 Å². The summed E-state index contributed by atoms with van der Waals surface area (Å²) in [4.78, 5) is 14.6. The number of rotatable bonds is 9. The van der Waals surface area contributed by atoms with Gasteiger partial charge in [0.1, 0.15) is 0 Å². The summed E-state index contributed by atoms with van der Waals surface area (Å²) in [6, 6.07) is 5.63. The van der Waals surface area contributed by atoms with E-state index >= 15 is 0 Å². The zero-order valence-corrected chi connectivity index (χ0v) is 16.1. The minimum absolute atomic E-state index is 0.0412. The van der Waals surface area contributed by atoms with Crippen LogP contribution >= 0.6 is 0 Å². The normalized spacial score (nSPS) is 17.6. The lowest BCUT2D eigenvalue weighted by molar-refractivity contribution is -0.121. The van der Waals surface area contributed by atoms with Crippen molar-refractivity contribution in [3.63, 3.8) is 0 Å². The first-order valence-corrected chi connectivity index (χ1v) is 10.0. The topological polar surface area (TPSA) is 50.2 Å². The molecule has 3 rings (SSSR count). The lowest BCUT2D eigenvalue weighted by atomic mass is 9.93. The summed E-state index contributed by atoms with van der Waals surface area (Å²) in [5.74, 6) is -1.27. The molecular formula is C21H28F2N4O. The number of carbonyl (C=O) groups excluding carboxylic acids is 1. The molecule has 0 spiro atoms. The van der Waals surface area contributed by atoms with Crippen LogP contribution in [0.15, 0.2) is 36.7 Å². The summed E-state index contributed by atoms with van der Waals surface area (Å²) >= 11 is 0. The number of benzene rings is 1. The van der Waals surface area contributed by atoms with Gasteiger partial charge in [-0.25, -0.2) is 8.78 Å². The third-order valence-electron chi connectivity index (χ3n) is 5.28. The molecule has 1 saturated heterocycles. The van der Waals surface area contributed by atoms with Gasteiger partial charge >= 0.3 is 0 Å². The molecule has 1 atom stereocenters. The van der Waals surface area contributed by atoms with Crippen molar-refractivity contribution in [2.75, 3.05) is 19.6 Å². The fraction of sp³-hybridized carbons (Fsp3) is 0.524. The Morgan fingerprint density at radius 3 is 2.93 bits per heavy atom. The fourth-order valence-electron chi connectivity index (χ4n) is 3.75. The van der Waals surface area contributed by atoms with Crippen molar-refractivity contribution in [2.24, 2.45) is 5.92 Å². The number of hydrogen-bond donors (Lipinski definition) is 1. The Balaban J connectivity index is 1.32. The van der Waals surface area contributed by atoms with E-state index in [0.29, 0.717) is 17.9 Å². The molecule has 1 aromatic heterocycles. The maximum Gasteiger partial charge on any atom is 0.220 e. The van der Waals surface area contributed by atoms with Gasteiger partial charge in [0.15, 0.2) is 11.6 Å². The van der Waals surface area contributed by atoms with Crippen molar-refractivity contribution in [1.29, 1.82) is 0 Å². The zero-order valence-electron chi connectivity index (χ0n) is 16.1. The maximum absolute atomic E-state index is 13.2.